The molecule has 160 valence electrons. The first-order chi connectivity index (χ1) is 15.6. The van der Waals surface area contributed by atoms with Gasteiger partial charge in [-0.3, -0.25) is 14.3 Å². The first-order valence-electron chi connectivity index (χ1n) is 9.43. The van der Waals surface area contributed by atoms with E-state index in [1.165, 1.54) is 11.8 Å². The van der Waals surface area contributed by atoms with Crippen LogP contribution in [0.25, 0.3) is 17.1 Å². The Bertz CT molecular complexity index is 1250. The minimum absolute atomic E-state index is 0.134. The van der Waals surface area contributed by atoms with Gasteiger partial charge in [-0.2, -0.15) is 5.10 Å². The Balaban J connectivity index is 1.51. The zero-order chi connectivity index (χ0) is 22.3. The molecule has 0 fully saturated rings. The summed E-state index contributed by atoms with van der Waals surface area (Å²) >= 11 is 8.19. The number of hydrogen-bond acceptors (Lipinski definition) is 6. The zero-order valence-electron chi connectivity index (χ0n) is 16.5. The molecule has 1 amide bonds. The summed E-state index contributed by atoms with van der Waals surface area (Å²) in [6, 6.07) is 19.2. The van der Waals surface area contributed by atoms with Crippen LogP contribution in [0, 0.1) is 0 Å². The quantitative estimate of drug-likeness (QED) is 0.189. The molecule has 0 bridgehead atoms. The number of nitrogens with one attached hydrogen (secondary N) is 1. The molecule has 4 rings (SSSR count). The normalized spacial score (nSPS) is 11.1. The van der Waals surface area contributed by atoms with Crippen LogP contribution < -0.4 is 5.43 Å². The highest BCUT2D eigenvalue weighted by Crippen LogP contribution is 2.28. The topological polar surface area (TPSA) is 85.1 Å². The minimum Gasteiger partial charge on any atom is -0.272 e. The van der Waals surface area contributed by atoms with Crippen molar-refractivity contribution in [2.75, 3.05) is 5.75 Å². The number of thioether (sulfide) groups is 1. The van der Waals surface area contributed by atoms with Crippen LogP contribution in [0.15, 0.2) is 92.3 Å². The fraction of sp³-hybridized carbons (Fsp3) is 0.0455. The van der Waals surface area contributed by atoms with Crippen LogP contribution in [0.4, 0.5) is 0 Å². The van der Waals surface area contributed by atoms with Crippen molar-refractivity contribution in [3.8, 4) is 17.1 Å². The number of aromatic nitrogens is 4. The highest BCUT2D eigenvalue weighted by atomic mass is 79.9. The van der Waals surface area contributed by atoms with Crippen molar-refractivity contribution in [3.63, 3.8) is 0 Å². The van der Waals surface area contributed by atoms with Crippen molar-refractivity contribution in [3.05, 3.63) is 87.6 Å². The Morgan fingerprint density at radius 2 is 1.88 bits per heavy atom. The number of pyridine rings is 1. The highest BCUT2D eigenvalue weighted by molar-refractivity contribution is 9.10. The van der Waals surface area contributed by atoms with E-state index in [1.807, 2.05) is 65.2 Å². The average molecular weight is 572 g/mol. The highest BCUT2D eigenvalue weighted by Gasteiger charge is 2.17. The van der Waals surface area contributed by atoms with Crippen LogP contribution >= 0.6 is 43.6 Å². The van der Waals surface area contributed by atoms with Gasteiger partial charge in [-0.25, -0.2) is 5.43 Å². The van der Waals surface area contributed by atoms with Crippen molar-refractivity contribution >= 4 is 55.7 Å². The van der Waals surface area contributed by atoms with Crippen LogP contribution in [0.5, 0.6) is 0 Å². The molecule has 2 heterocycles. The Morgan fingerprint density at radius 3 is 2.62 bits per heavy atom. The van der Waals surface area contributed by atoms with E-state index in [0.717, 1.165) is 25.8 Å². The number of carbonyl (C=O) groups excluding carboxylic acids is 1. The van der Waals surface area contributed by atoms with Gasteiger partial charge < -0.3 is 0 Å². The van der Waals surface area contributed by atoms with Gasteiger partial charge >= 0.3 is 0 Å². The van der Waals surface area contributed by atoms with Crippen molar-refractivity contribution < 1.29 is 4.79 Å². The maximum absolute atomic E-state index is 12.3. The molecule has 1 N–H and O–H groups in total. The van der Waals surface area contributed by atoms with E-state index < -0.39 is 0 Å². The van der Waals surface area contributed by atoms with E-state index in [2.05, 4.69) is 57.6 Å². The number of hydrogen-bond donors (Lipinski definition) is 1. The van der Waals surface area contributed by atoms with Crippen molar-refractivity contribution in [1.82, 2.24) is 25.2 Å². The van der Waals surface area contributed by atoms with Gasteiger partial charge in [-0.15, -0.1) is 10.2 Å². The molecule has 0 aliphatic rings. The van der Waals surface area contributed by atoms with E-state index >= 15 is 0 Å². The van der Waals surface area contributed by atoms with Gasteiger partial charge in [0.2, 0.25) is 0 Å². The summed E-state index contributed by atoms with van der Waals surface area (Å²) in [6.45, 7) is 0. The van der Waals surface area contributed by atoms with Crippen LogP contribution in [-0.4, -0.2) is 37.6 Å². The Hall–Kier alpha value is -2.82. The lowest BCUT2D eigenvalue weighted by molar-refractivity contribution is -0.118. The predicted octanol–water partition coefficient (Wildman–Crippen LogP) is 5.10. The largest absolute Gasteiger partial charge is 0.272 e. The van der Waals surface area contributed by atoms with Gasteiger partial charge in [0.05, 0.1) is 12.0 Å². The second-order valence-corrected chi connectivity index (χ2v) is 9.18. The van der Waals surface area contributed by atoms with Crippen molar-refractivity contribution in [2.45, 2.75) is 5.16 Å². The maximum atomic E-state index is 12.3. The number of rotatable bonds is 7. The molecule has 0 saturated carbocycles. The summed E-state index contributed by atoms with van der Waals surface area (Å²) in [4.78, 5) is 16.5. The molecule has 2 aromatic carbocycles. The third kappa shape index (κ3) is 5.50. The summed E-state index contributed by atoms with van der Waals surface area (Å²) in [6.07, 6.45) is 5.03. The van der Waals surface area contributed by atoms with Gasteiger partial charge in [0.15, 0.2) is 11.0 Å². The first-order valence-corrected chi connectivity index (χ1v) is 12.0. The molecule has 0 spiro atoms. The number of nitrogens with zero attached hydrogens (tertiary/aromatic N) is 5. The summed E-state index contributed by atoms with van der Waals surface area (Å²) in [7, 11) is 0. The van der Waals surface area contributed by atoms with Crippen molar-refractivity contribution in [2.24, 2.45) is 5.10 Å². The summed E-state index contributed by atoms with van der Waals surface area (Å²) in [5.41, 5.74) is 5.13. The SMILES string of the molecule is O=C(CSc1nnc(-c2cccnc2)n1-c1ccc(Br)cc1)NN=Cc1ccccc1Br. The molecule has 0 radical (unpaired) electrons. The van der Waals surface area contributed by atoms with Gasteiger partial charge in [0, 0.05) is 38.2 Å². The molecular weight excluding hydrogens is 556 g/mol. The van der Waals surface area contributed by atoms with E-state index in [4.69, 9.17) is 0 Å². The summed E-state index contributed by atoms with van der Waals surface area (Å²) in [5.74, 6) is 0.538. The average Bonchev–Trinajstić information content (AvgIpc) is 3.24. The predicted molar refractivity (Wildman–Crippen MR) is 133 cm³/mol. The van der Waals surface area contributed by atoms with Gasteiger partial charge in [0.1, 0.15) is 0 Å². The first kappa shape index (κ1) is 22.4. The fourth-order valence-corrected chi connectivity index (χ4v) is 4.18. The van der Waals surface area contributed by atoms with Gasteiger partial charge in [-0.05, 0) is 42.5 Å². The van der Waals surface area contributed by atoms with Crippen molar-refractivity contribution in [1.29, 1.82) is 0 Å². The molecule has 0 saturated heterocycles. The molecule has 0 aliphatic carbocycles. The van der Waals surface area contributed by atoms with Gasteiger partial charge in [-0.1, -0.05) is 61.8 Å². The Morgan fingerprint density at radius 1 is 1.06 bits per heavy atom. The third-order valence-electron chi connectivity index (χ3n) is 4.27. The molecule has 7 nitrogen and oxygen atoms in total. The van der Waals surface area contributed by atoms with Crippen LogP contribution in [0.3, 0.4) is 0 Å². The van der Waals surface area contributed by atoms with E-state index in [1.54, 1.807) is 18.6 Å². The summed E-state index contributed by atoms with van der Waals surface area (Å²) in [5, 5.41) is 13.3. The molecule has 0 aliphatic heterocycles. The fourth-order valence-electron chi connectivity index (χ4n) is 2.78. The Labute approximate surface area is 205 Å². The lowest BCUT2D eigenvalue weighted by Gasteiger charge is -2.10. The molecule has 4 aromatic rings. The molecule has 0 atom stereocenters. The molecule has 2 aromatic heterocycles. The number of amides is 1. The lowest BCUT2D eigenvalue weighted by atomic mass is 10.2. The number of benzene rings is 2. The van der Waals surface area contributed by atoms with Crippen LogP contribution in [0.1, 0.15) is 5.56 Å². The number of carbonyl (C=O) groups is 1. The molecule has 10 heteroatoms. The Kier molecular flexibility index (Phi) is 7.46. The standard InChI is InChI=1S/C22H16Br2N6OS/c23-17-7-9-18(10-8-17)30-21(16-5-3-11-25-12-16)28-29-22(30)32-14-20(31)27-26-13-15-4-1-2-6-19(15)24/h1-13H,14H2,(H,27,31). The summed E-state index contributed by atoms with van der Waals surface area (Å²) < 4.78 is 3.78. The molecule has 32 heavy (non-hydrogen) atoms. The monoisotopic (exact) mass is 570 g/mol. The van der Waals surface area contributed by atoms with E-state index in [9.17, 15) is 4.79 Å². The van der Waals surface area contributed by atoms with Gasteiger partial charge in [0.25, 0.3) is 5.91 Å². The van der Waals surface area contributed by atoms with E-state index in [-0.39, 0.29) is 11.7 Å². The van der Waals surface area contributed by atoms with Crippen LogP contribution in [-0.2, 0) is 4.79 Å². The second-order valence-electron chi connectivity index (χ2n) is 6.46. The zero-order valence-corrected chi connectivity index (χ0v) is 20.5. The van der Waals surface area contributed by atoms with Crippen LogP contribution in [0.2, 0.25) is 0 Å². The minimum atomic E-state index is -0.244. The molecular formula is C22H16Br2N6OS. The lowest BCUT2D eigenvalue weighted by Crippen LogP contribution is -2.20. The molecule has 0 unspecified atom stereocenters. The number of halogens is 2. The number of hydrazone groups is 1. The van der Waals surface area contributed by atoms with E-state index in [0.29, 0.717) is 11.0 Å². The smallest absolute Gasteiger partial charge is 0.250 e. The second kappa shape index (κ2) is 10.7. The maximum Gasteiger partial charge on any atom is 0.250 e. The third-order valence-corrected chi connectivity index (χ3v) is 6.45.